The molecule has 2 amide bonds. The first-order chi connectivity index (χ1) is 13.4. The normalized spacial score (nSPS) is 19.5. The van der Waals surface area contributed by atoms with Crippen LogP contribution in [0, 0.1) is 13.8 Å². The molecule has 1 aromatic heterocycles. The van der Waals surface area contributed by atoms with Crippen LogP contribution in [0.5, 0.6) is 5.75 Å². The summed E-state index contributed by atoms with van der Waals surface area (Å²) in [7, 11) is 0. The van der Waals surface area contributed by atoms with Crippen molar-refractivity contribution in [2.45, 2.75) is 65.0 Å². The number of ether oxygens (including phenoxy) is 1. The van der Waals surface area contributed by atoms with E-state index in [9.17, 15) is 9.59 Å². The molecule has 1 aliphatic carbocycles. The van der Waals surface area contributed by atoms with Crippen LogP contribution in [0.4, 0.5) is 11.4 Å². The summed E-state index contributed by atoms with van der Waals surface area (Å²) >= 11 is 0. The van der Waals surface area contributed by atoms with Gasteiger partial charge in [-0.3, -0.25) is 9.59 Å². The van der Waals surface area contributed by atoms with Gasteiger partial charge < -0.3 is 19.9 Å². The Morgan fingerprint density at radius 3 is 2.68 bits per heavy atom. The van der Waals surface area contributed by atoms with Gasteiger partial charge >= 0.3 is 0 Å². The Hall–Kier alpha value is -2.76. The SMILES string of the molecule is Cc1cc(C(=O)Nc2ccc3c(c2)NC(=O)[C@@H](C)O3)c(C)n1C1CCCCC1. The number of hydrogen-bond donors (Lipinski definition) is 2. The second kappa shape index (κ2) is 7.34. The number of carbonyl (C=O) groups is 2. The highest BCUT2D eigenvalue weighted by molar-refractivity contribution is 6.06. The van der Waals surface area contributed by atoms with Gasteiger partial charge in [0.15, 0.2) is 6.10 Å². The lowest BCUT2D eigenvalue weighted by atomic mass is 9.95. The van der Waals surface area contributed by atoms with E-state index < -0.39 is 6.10 Å². The largest absolute Gasteiger partial charge is 0.479 e. The minimum absolute atomic E-state index is 0.133. The van der Waals surface area contributed by atoms with Crippen molar-refractivity contribution in [3.63, 3.8) is 0 Å². The average Bonchev–Trinajstić information content (AvgIpc) is 2.98. The molecule has 2 N–H and O–H groups in total. The van der Waals surface area contributed by atoms with Gasteiger partial charge in [-0.25, -0.2) is 0 Å². The van der Waals surface area contributed by atoms with Crippen LogP contribution in [0.1, 0.15) is 66.8 Å². The van der Waals surface area contributed by atoms with Crippen LogP contribution < -0.4 is 15.4 Å². The fraction of sp³-hybridized carbons (Fsp3) is 0.455. The number of nitrogens with one attached hydrogen (secondary N) is 2. The van der Waals surface area contributed by atoms with Crippen LogP contribution in [-0.2, 0) is 4.79 Å². The summed E-state index contributed by atoms with van der Waals surface area (Å²) in [6.45, 7) is 5.81. The zero-order chi connectivity index (χ0) is 19.8. The van der Waals surface area contributed by atoms with Crippen LogP contribution in [-0.4, -0.2) is 22.5 Å². The third kappa shape index (κ3) is 3.39. The highest BCUT2D eigenvalue weighted by Crippen LogP contribution is 2.34. The summed E-state index contributed by atoms with van der Waals surface area (Å²) in [5.41, 5.74) is 4.06. The number of aromatic nitrogens is 1. The van der Waals surface area contributed by atoms with Crippen molar-refractivity contribution in [1.82, 2.24) is 4.57 Å². The fourth-order valence-corrected chi connectivity index (χ4v) is 4.39. The van der Waals surface area contributed by atoms with E-state index in [1.807, 2.05) is 13.0 Å². The molecule has 0 unspecified atom stereocenters. The summed E-state index contributed by atoms with van der Waals surface area (Å²) in [6, 6.07) is 7.77. The molecule has 2 heterocycles. The summed E-state index contributed by atoms with van der Waals surface area (Å²) in [6.07, 6.45) is 5.66. The van der Waals surface area contributed by atoms with Crippen LogP contribution in [0.3, 0.4) is 0 Å². The van der Waals surface area contributed by atoms with E-state index in [2.05, 4.69) is 22.1 Å². The summed E-state index contributed by atoms with van der Waals surface area (Å²) < 4.78 is 7.90. The van der Waals surface area contributed by atoms with Gasteiger partial charge in [0, 0.05) is 23.1 Å². The van der Waals surface area contributed by atoms with Crippen molar-refractivity contribution in [1.29, 1.82) is 0 Å². The third-order valence-corrected chi connectivity index (χ3v) is 5.84. The van der Waals surface area contributed by atoms with E-state index in [1.165, 1.54) is 32.1 Å². The summed E-state index contributed by atoms with van der Waals surface area (Å²) in [4.78, 5) is 24.7. The molecule has 148 valence electrons. The summed E-state index contributed by atoms with van der Waals surface area (Å²) in [5, 5.41) is 5.77. The number of aryl methyl sites for hydroxylation is 1. The number of fused-ring (bicyclic) bond motifs is 1. The van der Waals surface area contributed by atoms with E-state index >= 15 is 0 Å². The van der Waals surface area contributed by atoms with Gasteiger partial charge in [0.25, 0.3) is 11.8 Å². The second-order valence-electron chi connectivity index (χ2n) is 7.86. The van der Waals surface area contributed by atoms with Crippen LogP contribution in [0.25, 0.3) is 0 Å². The van der Waals surface area contributed by atoms with Crippen molar-refractivity contribution in [3.8, 4) is 5.75 Å². The Bertz CT molecular complexity index is 925. The maximum absolute atomic E-state index is 12.9. The molecule has 0 saturated heterocycles. The zero-order valence-corrected chi connectivity index (χ0v) is 16.7. The van der Waals surface area contributed by atoms with Crippen molar-refractivity contribution in [2.24, 2.45) is 0 Å². The summed E-state index contributed by atoms with van der Waals surface area (Å²) in [5.74, 6) is 0.291. The molecule has 6 nitrogen and oxygen atoms in total. The predicted octanol–water partition coefficient (Wildman–Crippen LogP) is 4.58. The molecule has 2 aromatic rings. The number of benzene rings is 1. The smallest absolute Gasteiger partial charge is 0.265 e. The quantitative estimate of drug-likeness (QED) is 0.817. The highest BCUT2D eigenvalue weighted by atomic mass is 16.5. The molecule has 1 aliphatic heterocycles. The molecular weight excluding hydrogens is 354 g/mol. The van der Waals surface area contributed by atoms with Crippen LogP contribution in [0.2, 0.25) is 0 Å². The fourth-order valence-electron chi connectivity index (χ4n) is 4.39. The van der Waals surface area contributed by atoms with Gasteiger partial charge in [0.2, 0.25) is 0 Å². The first kappa shape index (κ1) is 18.6. The molecule has 1 saturated carbocycles. The first-order valence-electron chi connectivity index (χ1n) is 10.1. The minimum Gasteiger partial charge on any atom is -0.479 e. The van der Waals surface area contributed by atoms with E-state index in [-0.39, 0.29) is 11.8 Å². The van der Waals surface area contributed by atoms with Gasteiger partial charge in [-0.05, 0) is 57.9 Å². The Morgan fingerprint density at radius 2 is 1.93 bits per heavy atom. The van der Waals surface area contributed by atoms with E-state index in [4.69, 9.17) is 4.74 Å². The van der Waals surface area contributed by atoms with Crippen molar-refractivity contribution < 1.29 is 14.3 Å². The molecule has 0 spiro atoms. The Kier molecular flexibility index (Phi) is 4.87. The molecule has 4 rings (SSSR count). The third-order valence-electron chi connectivity index (χ3n) is 5.84. The van der Waals surface area contributed by atoms with Gasteiger partial charge in [-0.2, -0.15) is 0 Å². The number of anilines is 2. The number of carbonyl (C=O) groups excluding carboxylic acids is 2. The van der Waals surface area contributed by atoms with Crippen molar-refractivity contribution in [2.75, 3.05) is 10.6 Å². The lowest BCUT2D eigenvalue weighted by Crippen LogP contribution is -2.34. The van der Waals surface area contributed by atoms with Gasteiger partial charge in [0.1, 0.15) is 5.75 Å². The number of amides is 2. The molecule has 6 heteroatoms. The van der Waals surface area contributed by atoms with Gasteiger partial charge in [-0.1, -0.05) is 19.3 Å². The van der Waals surface area contributed by atoms with Crippen LogP contribution in [0.15, 0.2) is 24.3 Å². The molecule has 0 bridgehead atoms. The Labute approximate surface area is 165 Å². The topological polar surface area (TPSA) is 72.4 Å². The molecule has 1 aromatic carbocycles. The molecule has 0 radical (unpaired) electrons. The Balaban J connectivity index is 1.54. The Morgan fingerprint density at radius 1 is 1.18 bits per heavy atom. The zero-order valence-electron chi connectivity index (χ0n) is 16.7. The average molecular weight is 381 g/mol. The number of nitrogens with zero attached hydrogens (tertiary/aromatic N) is 1. The lowest BCUT2D eigenvalue weighted by molar-refractivity contribution is -0.122. The maximum Gasteiger partial charge on any atom is 0.265 e. The second-order valence-corrected chi connectivity index (χ2v) is 7.86. The van der Waals surface area contributed by atoms with Gasteiger partial charge in [0.05, 0.1) is 11.3 Å². The monoisotopic (exact) mass is 381 g/mol. The molecule has 1 fully saturated rings. The highest BCUT2D eigenvalue weighted by Gasteiger charge is 2.25. The molecule has 2 aliphatic rings. The lowest BCUT2D eigenvalue weighted by Gasteiger charge is -2.26. The van der Waals surface area contributed by atoms with Gasteiger partial charge in [-0.15, -0.1) is 0 Å². The van der Waals surface area contributed by atoms with E-state index in [0.717, 1.165) is 11.4 Å². The van der Waals surface area contributed by atoms with Crippen molar-refractivity contribution in [3.05, 3.63) is 41.2 Å². The molecular formula is C22H27N3O3. The van der Waals surface area contributed by atoms with E-state index in [1.54, 1.807) is 25.1 Å². The van der Waals surface area contributed by atoms with Crippen molar-refractivity contribution >= 4 is 23.2 Å². The molecule has 28 heavy (non-hydrogen) atoms. The standard InChI is InChI=1S/C22H27N3O3/c1-13-11-18(14(2)25(13)17-7-5-4-6-8-17)22(27)23-16-9-10-20-19(12-16)24-21(26)15(3)28-20/h9-12,15,17H,4-8H2,1-3H3,(H,23,27)(H,24,26)/t15-/m1/s1. The predicted molar refractivity (Wildman–Crippen MR) is 109 cm³/mol. The number of rotatable bonds is 3. The number of hydrogen-bond acceptors (Lipinski definition) is 3. The minimum atomic E-state index is -0.516. The van der Waals surface area contributed by atoms with Crippen LogP contribution >= 0.6 is 0 Å². The molecule has 1 atom stereocenters. The maximum atomic E-state index is 12.9. The first-order valence-corrected chi connectivity index (χ1v) is 10.1. The van der Waals surface area contributed by atoms with E-state index in [0.29, 0.717) is 28.7 Å².